The average molecular weight is 270 g/mol. The van der Waals surface area contributed by atoms with Crippen molar-refractivity contribution in [1.29, 1.82) is 0 Å². The second kappa shape index (κ2) is 5.13. The highest BCUT2D eigenvalue weighted by Crippen LogP contribution is 2.41. The molecule has 0 fully saturated rings. The van der Waals surface area contributed by atoms with E-state index in [0.29, 0.717) is 5.75 Å². The molecule has 19 heavy (non-hydrogen) atoms. The summed E-state index contributed by atoms with van der Waals surface area (Å²) >= 11 is 0. The highest BCUT2D eigenvalue weighted by molar-refractivity contribution is 5.77. The lowest BCUT2D eigenvalue weighted by Gasteiger charge is -2.13. The Morgan fingerprint density at radius 3 is 2.26 bits per heavy atom. The zero-order chi connectivity index (χ0) is 14.0. The number of halogens is 2. The fraction of sp³-hybridized carbons (Fsp3) is 0.250. The van der Waals surface area contributed by atoms with Crippen LogP contribution in [0, 0.1) is 0 Å². The van der Waals surface area contributed by atoms with Crippen LogP contribution in [0.1, 0.15) is 12.0 Å². The first kappa shape index (κ1) is 13.1. The molecule has 0 aliphatic carbocycles. The van der Waals surface area contributed by atoms with E-state index in [1.807, 2.05) is 0 Å². The second-order valence-corrected chi connectivity index (χ2v) is 3.70. The minimum absolute atomic E-state index is 0.0332. The third kappa shape index (κ3) is 2.31. The smallest absolute Gasteiger partial charge is 0.264 e. The van der Waals surface area contributed by atoms with E-state index in [-0.39, 0.29) is 28.3 Å². The van der Waals surface area contributed by atoms with Gasteiger partial charge in [-0.15, -0.1) is 0 Å². The predicted molar refractivity (Wildman–Crippen MR) is 64.4 cm³/mol. The third-order valence-electron chi connectivity index (χ3n) is 2.68. The number of benzene rings is 1. The van der Waals surface area contributed by atoms with Crippen molar-refractivity contribution >= 4 is 5.88 Å². The number of anilines is 1. The molecule has 0 saturated carbocycles. The maximum atomic E-state index is 13.1. The normalized spacial score (nSPS) is 10.8. The molecule has 2 rings (SSSR count). The van der Waals surface area contributed by atoms with Crippen LogP contribution in [0.25, 0.3) is 11.1 Å². The zero-order valence-corrected chi connectivity index (χ0v) is 10.3. The first-order valence-electron chi connectivity index (χ1n) is 5.33. The van der Waals surface area contributed by atoms with E-state index in [0.717, 1.165) is 0 Å². The summed E-state index contributed by atoms with van der Waals surface area (Å²) in [6.07, 6.45) is -1.41. The number of nitrogens with two attached hydrogens (primary N) is 1. The van der Waals surface area contributed by atoms with Gasteiger partial charge < -0.3 is 19.7 Å². The monoisotopic (exact) mass is 270 g/mol. The second-order valence-electron chi connectivity index (χ2n) is 3.70. The molecule has 1 aromatic heterocycles. The van der Waals surface area contributed by atoms with Gasteiger partial charge in [-0.05, 0) is 12.1 Å². The van der Waals surface area contributed by atoms with Gasteiger partial charge in [0, 0.05) is 11.1 Å². The molecule has 0 atom stereocenters. The number of hydrogen-bond donors (Lipinski definition) is 1. The molecule has 2 N–H and O–H groups in total. The van der Waals surface area contributed by atoms with Crippen LogP contribution in [0.5, 0.6) is 11.5 Å². The number of hydrogen-bond acceptors (Lipinski definition) is 5. The van der Waals surface area contributed by atoms with Crippen LogP contribution >= 0.6 is 0 Å². The molecule has 1 heterocycles. The summed E-state index contributed by atoms with van der Waals surface area (Å²) in [5, 5.41) is 3.48. The molecule has 0 radical (unpaired) electrons. The Kier molecular flexibility index (Phi) is 3.55. The fourth-order valence-corrected chi connectivity index (χ4v) is 1.76. The number of nitrogens with zero attached hydrogens (tertiary/aromatic N) is 1. The first-order valence-corrected chi connectivity index (χ1v) is 5.33. The van der Waals surface area contributed by atoms with Gasteiger partial charge in [-0.1, -0.05) is 5.16 Å². The van der Waals surface area contributed by atoms with Crippen molar-refractivity contribution in [2.45, 2.75) is 6.43 Å². The van der Waals surface area contributed by atoms with Crippen molar-refractivity contribution in [1.82, 2.24) is 5.16 Å². The first-order chi connectivity index (χ1) is 9.08. The molecule has 7 heteroatoms. The minimum Gasteiger partial charge on any atom is -0.493 e. The van der Waals surface area contributed by atoms with Crippen LogP contribution in [0.4, 0.5) is 14.7 Å². The summed E-state index contributed by atoms with van der Waals surface area (Å²) in [6.45, 7) is 0. The van der Waals surface area contributed by atoms with E-state index in [4.69, 9.17) is 19.7 Å². The predicted octanol–water partition coefficient (Wildman–Crippen LogP) is 2.88. The SMILES string of the molecule is COc1cc(-c2cnoc2N)c(C(F)F)cc1OC. The number of nitrogen functional groups attached to an aromatic ring is 1. The Morgan fingerprint density at radius 1 is 1.16 bits per heavy atom. The maximum absolute atomic E-state index is 13.1. The Bertz CT molecular complexity index is 584. The van der Waals surface area contributed by atoms with Crippen LogP contribution in [-0.2, 0) is 0 Å². The zero-order valence-electron chi connectivity index (χ0n) is 10.3. The summed E-state index contributed by atoms with van der Waals surface area (Å²) in [7, 11) is 2.79. The van der Waals surface area contributed by atoms with E-state index < -0.39 is 6.43 Å². The Balaban J connectivity index is 2.68. The number of ether oxygens (including phenoxy) is 2. The molecule has 0 unspecified atom stereocenters. The van der Waals surface area contributed by atoms with E-state index in [1.54, 1.807) is 0 Å². The average Bonchev–Trinajstić information content (AvgIpc) is 2.83. The van der Waals surface area contributed by atoms with Crippen molar-refractivity contribution in [2.24, 2.45) is 0 Å². The quantitative estimate of drug-likeness (QED) is 0.924. The maximum Gasteiger partial charge on any atom is 0.264 e. The summed E-state index contributed by atoms with van der Waals surface area (Å²) < 4.78 is 41.0. The van der Waals surface area contributed by atoms with E-state index in [1.165, 1.54) is 32.5 Å². The van der Waals surface area contributed by atoms with Crippen molar-refractivity contribution in [3.05, 3.63) is 23.9 Å². The lowest BCUT2D eigenvalue weighted by atomic mass is 10.0. The van der Waals surface area contributed by atoms with E-state index in [9.17, 15) is 8.78 Å². The standard InChI is InChI=1S/C12H12F2N2O3/c1-17-9-3-6(8-5-16-19-12(8)15)7(11(13)14)4-10(9)18-2/h3-5,11H,15H2,1-2H3. The minimum atomic E-state index is -2.69. The Hall–Kier alpha value is -2.31. The van der Waals surface area contributed by atoms with Gasteiger partial charge in [-0.25, -0.2) is 8.78 Å². The third-order valence-corrected chi connectivity index (χ3v) is 2.68. The number of alkyl halides is 2. The van der Waals surface area contributed by atoms with E-state index >= 15 is 0 Å². The summed E-state index contributed by atoms with van der Waals surface area (Å²) in [6, 6.07) is 2.63. The molecular weight excluding hydrogens is 258 g/mol. The van der Waals surface area contributed by atoms with Gasteiger partial charge >= 0.3 is 0 Å². The van der Waals surface area contributed by atoms with Crippen LogP contribution in [0.2, 0.25) is 0 Å². The number of aromatic nitrogens is 1. The molecule has 0 aliphatic heterocycles. The van der Waals surface area contributed by atoms with Gasteiger partial charge in [0.15, 0.2) is 11.5 Å². The topological polar surface area (TPSA) is 70.5 Å². The molecule has 1 aromatic carbocycles. The highest BCUT2D eigenvalue weighted by atomic mass is 19.3. The Morgan fingerprint density at radius 2 is 1.79 bits per heavy atom. The van der Waals surface area contributed by atoms with Gasteiger partial charge in [0.1, 0.15) is 0 Å². The van der Waals surface area contributed by atoms with Crippen molar-refractivity contribution in [3.63, 3.8) is 0 Å². The largest absolute Gasteiger partial charge is 0.493 e. The Labute approximate surface area is 107 Å². The molecule has 5 nitrogen and oxygen atoms in total. The van der Waals surface area contributed by atoms with Gasteiger partial charge in [-0.3, -0.25) is 0 Å². The van der Waals surface area contributed by atoms with E-state index in [2.05, 4.69) is 5.16 Å². The van der Waals surface area contributed by atoms with Crippen molar-refractivity contribution < 1.29 is 22.8 Å². The molecule has 2 aromatic rings. The van der Waals surface area contributed by atoms with Crippen LogP contribution in [-0.4, -0.2) is 19.4 Å². The van der Waals surface area contributed by atoms with Crippen molar-refractivity contribution in [2.75, 3.05) is 20.0 Å². The van der Waals surface area contributed by atoms with Gasteiger partial charge in [0.05, 0.1) is 26.0 Å². The molecule has 0 bridgehead atoms. The summed E-state index contributed by atoms with van der Waals surface area (Å²) in [5.74, 6) is 0.508. The van der Waals surface area contributed by atoms with Crippen LogP contribution in [0.15, 0.2) is 22.9 Å². The number of methoxy groups -OCH3 is 2. The molecular formula is C12H12F2N2O3. The van der Waals surface area contributed by atoms with Crippen LogP contribution < -0.4 is 15.2 Å². The molecule has 102 valence electrons. The highest BCUT2D eigenvalue weighted by Gasteiger charge is 2.21. The molecule has 0 aliphatic rings. The van der Waals surface area contributed by atoms with Gasteiger partial charge in [-0.2, -0.15) is 0 Å². The molecule has 0 amide bonds. The van der Waals surface area contributed by atoms with Gasteiger partial charge in [0.25, 0.3) is 6.43 Å². The lowest BCUT2D eigenvalue weighted by molar-refractivity contribution is 0.151. The molecule has 0 saturated heterocycles. The van der Waals surface area contributed by atoms with Crippen molar-refractivity contribution in [3.8, 4) is 22.6 Å². The molecule has 0 spiro atoms. The summed E-state index contributed by atoms with van der Waals surface area (Å²) in [5.41, 5.74) is 5.82. The van der Waals surface area contributed by atoms with Crippen LogP contribution in [0.3, 0.4) is 0 Å². The fourth-order valence-electron chi connectivity index (χ4n) is 1.76. The number of rotatable bonds is 4. The van der Waals surface area contributed by atoms with Gasteiger partial charge in [0.2, 0.25) is 5.88 Å². The summed E-state index contributed by atoms with van der Waals surface area (Å²) in [4.78, 5) is 0. The lowest BCUT2D eigenvalue weighted by Crippen LogP contribution is -1.97.